The lowest BCUT2D eigenvalue weighted by Crippen LogP contribution is -2.48. The summed E-state index contributed by atoms with van der Waals surface area (Å²) in [5.41, 5.74) is 1.44. The molecule has 0 bridgehead atoms. The molecule has 2 amide bonds. The monoisotopic (exact) mass is 311 g/mol. The number of nitrogens with one attached hydrogen (secondary N) is 2. The molecule has 0 spiro atoms. The van der Waals surface area contributed by atoms with Gasteiger partial charge in [-0.15, -0.1) is 11.3 Å². The van der Waals surface area contributed by atoms with Crippen molar-refractivity contribution in [2.75, 3.05) is 26.8 Å². The van der Waals surface area contributed by atoms with E-state index in [2.05, 4.69) is 33.9 Å². The summed E-state index contributed by atoms with van der Waals surface area (Å²) in [5, 5.41) is 7.97. The highest BCUT2D eigenvalue weighted by Gasteiger charge is 2.21. The van der Waals surface area contributed by atoms with Gasteiger partial charge in [0.2, 0.25) is 0 Å². The first-order valence-corrected chi connectivity index (χ1v) is 8.30. The van der Waals surface area contributed by atoms with E-state index in [9.17, 15) is 4.79 Å². The molecule has 6 heteroatoms. The summed E-state index contributed by atoms with van der Waals surface area (Å²) in [6.45, 7) is 7.33. The van der Waals surface area contributed by atoms with Crippen LogP contribution in [0.1, 0.15) is 24.3 Å². The Bertz CT molecular complexity index is 464. The van der Waals surface area contributed by atoms with Crippen molar-refractivity contribution < 1.29 is 9.53 Å². The van der Waals surface area contributed by atoms with Gasteiger partial charge in [-0.2, -0.15) is 0 Å². The normalized spacial score (nSPS) is 17.9. The summed E-state index contributed by atoms with van der Waals surface area (Å²) in [6.07, 6.45) is 1.12. The minimum Gasteiger partial charge on any atom is -0.383 e. The van der Waals surface area contributed by atoms with E-state index < -0.39 is 0 Å². The van der Waals surface area contributed by atoms with Crippen LogP contribution in [0.25, 0.3) is 0 Å². The third-order valence-corrected chi connectivity index (χ3v) is 4.84. The van der Waals surface area contributed by atoms with Crippen molar-refractivity contribution in [2.24, 2.45) is 0 Å². The number of nitrogens with zero attached hydrogens (tertiary/aromatic N) is 1. The van der Waals surface area contributed by atoms with E-state index in [1.165, 1.54) is 10.4 Å². The number of ether oxygens (including phenoxy) is 1. The second-order valence-corrected chi connectivity index (χ2v) is 6.65. The average Bonchev–Trinajstić information content (AvgIpc) is 2.92. The van der Waals surface area contributed by atoms with Gasteiger partial charge in [-0.3, -0.25) is 4.90 Å². The fourth-order valence-electron chi connectivity index (χ4n) is 2.58. The molecule has 2 atom stereocenters. The number of fused-ring (bicyclic) bond motifs is 1. The average molecular weight is 311 g/mol. The molecule has 0 aliphatic carbocycles. The summed E-state index contributed by atoms with van der Waals surface area (Å²) in [7, 11) is 1.63. The van der Waals surface area contributed by atoms with Crippen LogP contribution in [0.5, 0.6) is 0 Å². The van der Waals surface area contributed by atoms with Crippen molar-refractivity contribution in [3.05, 3.63) is 21.9 Å². The van der Waals surface area contributed by atoms with E-state index in [0.29, 0.717) is 19.2 Å². The van der Waals surface area contributed by atoms with Crippen LogP contribution in [0, 0.1) is 0 Å². The van der Waals surface area contributed by atoms with Crippen LogP contribution >= 0.6 is 11.3 Å². The van der Waals surface area contributed by atoms with Gasteiger partial charge in [-0.25, -0.2) is 4.79 Å². The lowest BCUT2D eigenvalue weighted by atomic mass is 10.1. The molecule has 1 aliphatic heterocycles. The molecule has 2 rings (SSSR count). The summed E-state index contributed by atoms with van der Waals surface area (Å²) < 4.78 is 5.00. The highest BCUT2D eigenvalue weighted by atomic mass is 32.1. The summed E-state index contributed by atoms with van der Waals surface area (Å²) in [6, 6.07) is 2.45. The number of amides is 2. The topological polar surface area (TPSA) is 53.6 Å². The molecule has 21 heavy (non-hydrogen) atoms. The van der Waals surface area contributed by atoms with E-state index >= 15 is 0 Å². The molecule has 5 nitrogen and oxygen atoms in total. The van der Waals surface area contributed by atoms with E-state index in [0.717, 1.165) is 19.5 Å². The van der Waals surface area contributed by atoms with Gasteiger partial charge in [0, 0.05) is 37.7 Å². The number of thiophene rings is 1. The second-order valence-electron chi connectivity index (χ2n) is 5.65. The smallest absolute Gasteiger partial charge is 0.315 e. The standard InChI is InChI=1S/C15H25N3O2S/c1-11(10-20-3)17-15(19)16-8-12(2)18-6-4-14-13(9-18)5-7-21-14/h5,7,11-12H,4,6,8-10H2,1-3H3,(H2,16,17,19)/t11-,12+/m1/s1. The molecule has 0 fully saturated rings. The highest BCUT2D eigenvalue weighted by molar-refractivity contribution is 7.10. The molecule has 0 radical (unpaired) electrons. The molecule has 2 heterocycles. The van der Waals surface area contributed by atoms with Crippen LogP contribution in [-0.2, 0) is 17.7 Å². The number of hydrogen-bond acceptors (Lipinski definition) is 4. The quantitative estimate of drug-likeness (QED) is 0.843. The number of carbonyl (C=O) groups is 1. The van der Waals surface area contributed by atoms with Crippen LogP contribution in [0.4, 0.5) is 4.79 Å². The Hall–Kier alpha value is -1.11. The molecule has 0 aromatic carbocycles. The molecular formula is C15H25N3O2S. The first-order chi connectivity index (χ1) is 10.1. The van der Waals surface area contributed by atoms with Crippen LogP contribution in [0.3, 0.4) is 0 Å². The Kier molecular flexibility index (Phi) is 6.02. The molecule has 1 aliphatic rings. The number of methoxy groups -OCH3 is 1. The van der Waals surface area contributed by atoms with Crippen LogP contribution < -0.4 is 10.6 Å². The second kappa shape index (κ2) is 7.77. The van der Waals surface area contributed by atoms with Crippen molar-refractivity contribution in [3.8, 4) is 0 Å². The Morgan fingerprint density at radius 2 is 2.33 bits per heavy atom. The summed E-state index contributed by atoms with van der Waals surface area (Å²) >= 11 is 1.85. The lowest BCUT2D eigenvalue weighted by Gasteiger charge is -2.32. The molecule has 0 saturated carbocycles. The third kappa shape index (κ3) is 4.69. The lowest BCUT2D eigenvalue weighted by molar-refractivity contribution is 0.167. The predicted octanol–water partition coefficient (Wildman–Crippen LogP) is 1.83. The summed E-state index contributed by atoms with van der Waals surface area (Å²) in [4.78, 5) is 15.7. The minimum absolute atomic E-state index is 0.0219. The van der Waals surface area contributed by atoms with Gasteiger partial charge in [-0.05, 0) is 37.3 Å². The number of urea groups is 1. The Morgan fingerprint density at radius 1 is 1.52 bits per heavy atom. The Labute approximate surface area is 130 Å². The molecular weight excluding hydrogens is 286 g/mol. The SMILES string of the molecule is COC[C@@H](C)NC(=O)NC[C@H](C)N1CCc2sccc2C1. The van der Waals surface area contributed by atoms with Gasteiger partial charge in [0.15, 0.2) is 0 Å². The number of hydrogen-bond donors (Lipinski definition) is 2. The van der Waals surface area contributed by atoms with Gasteiger partial charge in [-0.1, -0.05) is 0 Å². The van der Waals surface area contributed by atoms with Crippen LogP contribution in [0.15, 0.2) is 11.4 Å². The number of carbonyl (C=O) groups excluding carboxylic acids is 1. The van der Waals surface area contributed by atoms with Gasteiger partial charge in [0.1, 0.15) is 0 Å². The van der Waals surface area contributed by atoms with Crippen molar-refractivity contribution in [3.63, 3.8) is 0 Å². The number of rotatable bonds is 6. The van der Waals surface area contributed by atoms with E-state index in [4.69, 9.17) is 4.74 Å². The zero-order chi connectivity index (χ0) is 15.2. The maximum Gasteiger partial charge on any atom is 0.315 e. The third-order valence-electron chi connectivity index (χ3n) is 3.81. The molecule has 2 N–H and O–H groups in total. The maximum atomic E-state index is 11.8. The predicted molar refractivity (Wildman–Crippen MR) is 85.8 cm³/mol. The van der Waals surface area contributed by atoms with Crippen molar-refractivity contribution >= 4 is 17.4 Å². The first kappa shape index (κ1) is 16.3. The molecule has 0 unspecified atom stereocenters. The van der Waals surface area contributed by atoms with Crippen molar-refractivity contribution in [2.45, 2.75) is 38.9 Å². The highest BCUT2D eigenvalue weighted by Crippen LogP contribution is 2.24. The zero-order valence-electron chi connectivity index (χ0n) is 13.0. The largest absolute Gasteiger partial charge is 0.383 e. The molecule has 1 aromatic rings. The van der Waals surface area contributed by atoms with E-state index in [1.54, 1.807) is 7.11 Å². The molecule has 118 valence electrons. The van der Waals surface area contributed by atoms with Gasteiger partial charge in [0.25, 0.3) is 0 Å². The Morgan fingerprint density at radius 3 is 3.10 bits per heavy atom. The van der Waals surface area contributed by atoms with Crippen LogP contribution in [0.2, 0.25) is 0 Å². The van der Waals surface area contributed by atoms with Crippen LogP contribution in [-0.4, -0.2) is 49.8 Å². The van der Waals surface area contributed by atoms with E-state index in [1.807, 2.05) is 18.3 Å². The van der Waals surface area contributed by atoms with Gasteiger partial charge >= 0.3 is 6.03 Å². The molecule has 0 saturated heterocycles. The maximum absolute atomic E-state index is 11.8. The fraction of sp³-hybridized carbons (Fsp3) is 0.667. The first-order valence-electron chi connectivity index (χ1n) is 7.42. The zero-order valence-corrected chi connectivity index (χ0v) is 13.8. The Balaban J connectivity index is 1.72. The minimum atomic E-state index is -0.125. The fourth-order valence-corrected chi connectivity index (χ4v) is 3.47. The van der Waals surface area contributed by atoms with Gasteiger partial charge < -0.3 is 15.4 Å². The molecule has 1 aromatic heterocycles. The van der Waals surface area contributed by atoms with Crippen molar-refractivity contribution in [1.82, 2.24) is 15.5 Å². The van der Waals surface area contributed by atoms with E-state index in [-0.39, 0.29) is 12.1 Å². The van der Waals surface area contributed by atoms with Gasteiger partial charge in [0.05, 0.1) is 12.6 Å². The summed E-state index contributed by atoms with van der Waals surface area (Å²) in [5.74, 6) is 0. The van der Waals surface area contributed by atoms with Crippen molar-refractivity contribution in [1.29, 1.82) is 0 Å².